The third-order valence-electron chi connectivity index (χ3n) is 4.29. The summed E-state index contributed by atoms with van der Waals surface area (Å²) in [5, 5.41) is 37.3. The van der Waals surface area contributed by atoms with Crippen LogP contribution in [0.4, 0.5) is 0 Å². The van der Waals surface area contributed by atoms with Gasteiger partial charge in [-0.15, -0.1) is 0 Å². The molecule has 0 aliphatic rings. The number of rotatable bonds is 6. The van der Waals surface area contributed by atoms with E-state index in [4.69, 9.17) is 0 Å². The first-order valence-electron chi connectivity index (χ1n) is 8.38. The summed E-state index contributed by atoms with van der Waals surface area (Å²) in [7, 11) is 0. The van der Waals surface area contributed by atoms with E-state index in [0.29, 0.717) is 0 Å². The number of carboxylic acids is 4. The molecule has 0 radical (unpaired) electrons. The van der Waals surface area contributed by atoms with Crippen molar-refractivity contribution in [2.75, 3.05) is 0 Å². The Balaban J connectivity index is 2.24. The summed E-state index contributed by atoms with van der Waals surface area (Å²) in [5.41, 5.74) is -0.464. The van der Waals surface area contributed by atoms with Crippen LogP contribution in [0.2, 0.25) is 0 Å². The molecule has 1 aromatic heterocycles. The van der Waals surface area contributed by atoms with Gasteiger partial charge in [-0.25, -0.2) is 24.2 Å². The van der Waals surface area contributed by atoms with Gasteiger partial charge in [0.15, 0.2) is 0 Å². The van der Waals surface area contributed by atoms with E-state index in [9.17, 15) is 39.6 Å². The molecule has 30 heavy (non-hydrogen) atoms. The highest BCUT2D eigenvalue weighted by Gasteiger charge is 2.19. The van der Waals surface area contributed by atoms with Crippen LogP contribution < -0.4 is 0 Å². The third kappa shape index (κ3) is 3.85. The average Bonchev–Trinajstić information content (AvgIpc) is 2.72. The fourth-order valence-electron chi connectivity index (χ4n) is 2.89. The van der Waals surface area contributed by atoms with E-state index >= 15 is 0 Å². The second-order valence-corrected chi connectivity index (χ2v) is 6.15. The second kappa shape index (κ2) is 7.84. The second-order valence-electron chi connectivity index (χ2n) is 6.15. The van der Waals surface area contributed by atoms with Crippen LogP contribution in [-0.4, -0.2) is 49.3 Å². The lowest BCUT2D eigenvalue weighted by atomic mass is 9.98. The van der Waals surface area contributed by atoms with Gasteiger partial charge in [0, 0.05) is 11.1 Å². The molecule has 0 bridgehead atoms. The number of pyridine rings is 1. The summed E-state index contributed by atoms with van der Waals surface area (Å²) in [6.45, 7) is 0. The van der Waals surface area contributed by atoms with Crippen LogP contribution in [-0.2, 0) is 0 Å². The Bertz CT molecular complexity index is 1120. The minimum absolute atomic E-state index is 0.0236. The van der Waals surface area contributed by atoms with Crippen LogP contribution in [0, 0.1) is 0 Å². The highest BCUT2D eigenvalue weighted by molar-refractivity contribution is 6.00. The Morgan fingerprint density at radius 1 is 0.567 bits per heavy atom. The SMILES string of the molecule is O=C(O)c1ccc(C(=O)O)c(-c2cccc(-c3cc(C(=O)O)ccc3C(=O)O)n2)c1. The normalized spacial score (nSPS) is 10.4. The van der Waals surface area contributed by atoms with E-state index in [2.05, 4.69) is 4.98 Å². The van der Waals surface area contributed by atoms with E-state index in [0.717, 1.165) is 36.4 Å². The molecule has 4 N–H and O–H groups in total. The van der Waals surface area contributed by atoms with Gasteiger partial charge in [0.05, 0.1) is 33.6 Å². The lowest BCUT2D eigenvalue weighted by Gasteiger charge is -2.11. The first-order valence-corrected chi connectivity index (χ1v) is 8.38. The maximum Gasteiger partial charge on any atom is 0.336 e. The zero-order valence-corrected chi connectivity index (χ0v) is 15.1. The third-order valence-corrected chi connectivity index (χ3v) is 4.29. The molecule has 9 nitrogen and oxygen atoms in total. The molecule has 0 aliphatic carbocycles. The molecule has 0 atom stereocenters. The molecular formula is C21H13NO8. The van der Waals surface area contributed by atoms with Gasteiger partial charge in [0.2, 0.25) is 0 Å². The van der Waals surface area contributed by atoms with Crippen LogP contribution in [0.1, 0.15) is 41.4 Å². The molecule has 0 spiro atoms. The fraction of sp³-hybridized carbons (Fsp3) is 0. The van der Waals surface area contributed by atoms with Crippen molar-refractivity contribution in [2.24, 2.45) is 0 Å². The van der Waals surface area contributed by atoms with Crippen molar-refractivity contribution in [1.82, 2.24) is 4.98 Å². The molecule has 0 aliphatic heterocycles. The van der Waals surface area contributed by atoms with Gasteiger partial charge in [-0.2, -0.15) is 0 Å². The van der Waals surface area contributed by atoms with Crippen LogP contribution in [0.15, 0.2) is 54.6 Å². The van der Waals surface area contributed by atoms with Crippen LogP contribution in [0.5, 0.6) is 0 Å². The molecule has 0 fully saturated rings. The monoisotopic (exact) mass is 407 g/mol. The summed E-state index contributed by atoms with van der Waals surface area (Å²) in [6.07, 6.45) is 0. The maximum absolute atomic E-state index is 11.6. The van der Waals surface area contributed by atoms with Gasteiger partial charge in [0.25, 0.3) is 0 Å². The summed E-state index contributed by atoms with van der Waals surface area (Å²) >= 11 is 0. The molecule has 9 heteroatoms. The van der Waals surface area contributed by atoms with Crippen molar-refractivity contribution in [1.29, 1.82) is 0 Å². The smallest absolute Gasteiger partial charge is 0.336 e. The summed E-state index contributed by atoms with van der Waals surface area (Å²) in [6, 6.07) is 11.3. The minimum atomic E-state index is -1.30. The summed E-state index contributed by atoms with van der Waals surface area (Å²) in [4.78, 5) is 50.0. The van der Waals surface area contributed by atoms with Crippen molar-refractivity contribution >= 4 is 23.9 Å². The highest BCUT2D eigenvalue weighted by Crippen LogP contribution is 2.29. The van der Waals surface area contributed by atoms with Crippen molar-refractivity contribution < 1.29 is 39.6 Å². The van der Waals surface area contributed by atoms with Crippen LogP contribution in [0.25, 0.3) is 22.5 Å². The van der Waals surface area contributed by atoms with Crippen molar-refractivity contribution in [2.45, 2.75) is 0 Å². The van der Waals surface area contributed by atoms with E-state index in [-0.39, 0.29) is 44.8 Å². The average molecular weight is 407 g/mol. The fourth-order valence-corrected chi connectivity index (χ4v) is 2.89. The molecule has 0 saturated carbocycles. The molecular weight excluding hydrogens is 394 g/mol. The van der Waals surface area contributed by atoms with Crippen molar-refractivity contribution in [3.8, 4) is 22.5 Å². The van der Waals surface area contributed by atoms with Gasteiger partial charge >= 0.3 is 23.9 Å². The highest BCUT2D eigenvalue weighted by atomic mass is 16.4. The predicted molar refractivity (Wildman–Crippen MR) is 103 cm³/mol. The maximum atomic E-state index is 11.6. The molecule has 0 unspecified atom stereocenters. The molecule has 1 heterocycles. The molecule has 3 rings (SSSR count). The van der Waals surface area contributed by atoms with E-state index in [1.165, 1.54) is 18.2 Å². The standard InChI is InChI=1S/C21H13NO8/c23-18(24)10-4-6-12(20(27)28)14(8-10)16-2-1-3-17(22-16)15-9-11(19(25)26)5-7-13(15)21(29)30/h1-9H,(H,23,24)(H,25,26)(H,27,28)(H,29,30). The molecule has 2 aromatic carbocycles. The number of carbonyl (C=O) groups is 4. The van der Waals surface area contributed by atoms with Gasteiger partial charge in [0.1, 0.15) is 0 Å². The number of hydrogen-bond donors (Lipinski definition) is 4. The summed E-state index contributed by atoms with van der Waals surface area (Å²) in [5.74, 6) is -5.11. The van der Waals surface area contributed by atoms with Crippen molar-refractivity contribution in [3.63, 3.8) is 0 Å². The van der Waals surface area contributed by atoms with Gasteiger partial charge in [-0.1, -0.05) is 6.07 Å². The Kier molecular flexibility index (Phi) is 5.28. The number of aromatic nitrogens is 1. The zero-order chi connectivity index (χ0) is 22.0. The quantitative estimate of drug-likeness (QED) is 0.480. The number of benzene rings is 2. The lowest BCUT2D eigenvalue weighted by molar-refractivity contribution is 0.0681. The largest absolute Gasteiger partial charge is 0.478 e. The Hall–Kier alpha value is -4.53. The molecule has 0 amide bonds. The topological polar surface area (TPSA) is 162 Å². The van der Waals surface area contributed by atoms with Crippen molar-refractivity contribution in [3.05, 3.63) is 76.9 Å². The number of hydrogen-bond acceptors (Lipinski definition) is 5. The van der Waals surface area contributed by atoms with Crippen LogP contribution >= 0.6 is 0 Å². The molecule has 0 saturated heterocycles. The van der Waals surface area contributed by atoms with E-state index in [1.807, 2.05) is 0 Å². The van der Waals surface area contributed by atoms with E-state index in [1.54, 1.807) is 0 Å². The Morgan fingerprint density at radius 3 is 1.30 bits per heavy atom. The summed E-state index contributed by atoms with van der Waals surface area (Å²) < 4.78 is 0. The van der Waals surface area contributed by atoms with Gasteiger partial charge < -0.3 is 20.4 Å². The minimum Gasteiger partial charge on any atom is -0.478 e. The lowest BCUT2D eigenvalue weighted by Crippen LogP contribution is -2.06. The zero-order valence-electron chi connectivity index (χ0n) is 15.1. The number of nitrogens with zero attached hydrogens (tertiary/aromatic N) is 1. The first-order chi connectivity index (χ1) is 14.2. The Morgan fingerprint density at radius 2 is 0.967 bits per heavy atom. The van der Waals surface area contributed by atoms with Crippen LogP contribution in [0.3, 0.4) is 0 Å². The first kappa shape index (κ1) is 20.2. The van der Waals surface area contributed by atoms with Gasteiger partial charge in [-0.05, 0) is 48.5 Å². The Labute approximate surface area is 168 Å². The number of carboxylic acid groups (broad SMARTS) is 4. The molecule has 3 aromatic rings. The molecule has 150 valence electrons. The van der Waals surface area contributed by atoms with E-state index < -0.39 is 23.9 Å². The predicted octanol–water partition coefficient (Wildman–Crippen LogP) is 3.21. The van der Waals surface area contributed by atoms with Gasteiger partial charge in [-0.3, -0.25) is 0 Å². The number of aromatic carboxylic acids is 4.